The van der Waals surface area contributed by atoms with Crippen LogP contribution in [0.1, 0.15) is 32.3 Å². The standard InChI is InChI=1S/C14H19F2NO2/c1-8(2)12(18)7-17-14(19)9(3)13-10(15)5-4-6-11(13)16/h4-6,8-9,12,18H,7H2,1-3H3,(H,17,19). The van der Waals surface area contributed by atoms with Gasteiger partial charge in [0, 0.05) is 12.1 Å². The van der Waals surface area contributed by atoms with Crippen molar-refractivity contribution in [2.45, 2.75) is 32.8 Å². The first-order valence-electron chi connectivity index (χ1n) is 6.24. The molecule has 0 saturated heterocycles. The molecule has 0 aliphatic carbocycles. The predicted molar refractivity (Wildman–Crippen MR) is 68.6 cm³/mol. The van der Waals surface area contributed by atoms with Gasteiger partial charge in [-0.3, -0.25) is 4.79 Å². The normalized spacial score (nSPS) is 14.3. The Labute approximate surface area is 111 Å². The molecule has 0 radical (unpaired) electrons. The monoisotopic (exact) mass is 271 g/mol. The van der Waals surface area contributed by atoms with Gasteiger partial charge in [-0.25, -0.2) is 8.78 Å². The summed E-state index contributed by atoms with van der Waals surface area (Å²) >= 11 is 0. The second kappa shape index (κ2) is 6.61. The van der Waals surface area contributed by atoms with Gasteiger partial charge in [-0.15, -0.1) is 0 Å². The Morgan fingerprint density at radius 1 is 1.26 bits per heavy atom. The summed E-state index contributed by atoms with van der Waals surface area (Å²) in [6.07, 6.45) is -0.679. The lowest BCUT2D eigenvalue weighted by atomic mass is 9.98. The number of aliphatic hydroxyl groups excluding tert-OH is 1. The second-order valence-electron chi connectivity index (χ2n) is 4.91. The van der Waals surface area contributed by atoms with Crippen LogP contribution in [0.4, 0.5) is 8.78 Å². The van der Waals surface area contributed by atoms with Gasteiger partial charge in [-0.1, -0.05) is 19.9 Å². The van der Waals surface area contributed by atoms with E-state index in [1.165, 1.54) is 13.0 Å². The van der Waals surface area contributed by atoms with Crippen LogP contribution in [0.2, 0.25) is 0 Å². The predicted octanol–water partition coefficient (Wildman–Crippen LogP) is 2.20. The number of halogens is 2. The smallest absolute Gasteiger partial charge is 0.227 e. The Morgan fingerprint density at radius 3 is 2.26 bits per heavy atom. The minimum Gasteiger partial charge on any atom is -0.391 e. The van der Waals surface area contributed by atoms with E-state index in [0.717, 1.165) is 12.1 Å². The Bertz CT molecular complexity index is 429. The van der Waals surface area contributed by atoms with Crippen molar-refractivity contribution in [3.8, 4) is 0 Å². The van der Waals surface area contributed by atoms with E-state index in [2.05, 4.69) is 5.32 Å². The summed E-state index contributed by atoms with van der Waals surface area (Å²) in [4.78, 5) is 11.8. The minimum atomic E-state index is -0.944. The third-order valence-corrected chi connectivity index (χ3v) is 3.08. The van der Waals surface area contributed by atoms with E-state index >= 15 is 0 Å². The number of carbonyl (C=O) groups excluding carboxylic acids is 1. The number of amides is 1. The highest BCUT2D eigenvalue weighted by Gasteiger charge is 2.23. The molecule has 0 fully saturated rings. The fourth-order valence-corrected chi connectivity index (χ4v) is 1.65. The van der Waals surface area contributed by atoms with Crippen molar-refractivity contribution < 1.29 is 18.7 Å². The Balaban J connectivity index is 2.72. The van der Waals surface area contributed by atoms with Crippen LogP contribution in [0.5, 0.6) is 0 Å². The van der Waals surface area contributed by atoms with E-state index < -0.39 is 29.6 Å². The highest BCUT2D eigenvalue weighted by molar-refractivity contribution is 5.83. The minimum absolute atomic E-state index is 0.000744. The highest BCUT2D eigenvalue weighted by atomic mass is 19.1. The Hall–Kier alpha value is -1.49. The van der Waals surface area contributed by atoms with Crippen LogP contribution in [0.3, 0.4) is 0 Å². The van der Waals surface area contributed by atoms with Crippen LogP contribution in [-0.2, 0) is 4.79 Å². The maximum absolute atomic E-state index is 13.5. The molecule has 5 heteroatoms. The van der Waals surface area contributed by atoms with Crippen molar-refractivity contribution >= 4 is 5.91 Å². The number of hydrogen-bond acceptors (Lipinski definition) is 2. The van der Waals surface area contributed by atoms with Crippen molar-refractivity contribution in [1.29, 1.82) is 0 Å². The number of hydrogen-bond donors (Lipinski definition) is 2. The molecule has 0 bridgehead atoms. The number of aliphatic hydroxyl groups is 1. The van der Waals surface area contributed by atoms with Crippen LogP contribution >= 0.6 is 0 Å². The van der Waals surface area contributed by atoms with Crippen molar-refractivity contribution in [3.05, 3.63) is 35.4 Å². The number of rotatable bonds is 5. The third-order valence-electron chi connectivity index (χ3n) is 3.08. The van der Waals surface area contributed by atoms with Crippen molar-refractivity contribution in [2.75, 3.05) is 6.54 Å². The molecule has 19 heavy (non-hydrogen) atoms. The van der Waals surface area contributed by atoms with Gasteiger partial charge in [0.25, 0.3) is 0 Å². The molecule has 1 aromatic carbocycles. The van der Waals surface area contributed by atoms with Gasteiger partial charge in [-0.05, 0) is 25.0 Å². The van der Waals surface area contributed by atoms with Gasteiger partial charge >= 0.3 is 0 Å². The van der Waals surface area contributed by atoms with Crippen molar-refractivity contribution in [2.24, 2.45) is 5.92 Å². The first-order chi connectivity index (χ1) is 8.84. The molecule has 1 rings (SSSR count). The molecule has 0 aromatic heterocycles. The maximum atomic E-state index is 13.5. The van der Waals surface area contributed by atoms with E-state index in [9.17, 15) is 18.7 Å². The van der Waals surface area contributed by atoms with Crippen LogP contribution in [0.15, 0.2) is 18.2 Å². The molecule has 0 saturated carbocycles. The van der Waals surface area contributed by atoms with Crippen LogP contribution in [0.25, 0.3) is 0 Å². The van der Waals surface area contributed by atoms with E-state index in [-0.39, 0.29) is 18.0 Å². The molecule has 1 aromatic rings. The molecule has 0 aliphatic heterocycles. The Kier molecular flexibility index (Phi) is 5.42. The first-order valence-corrected chi connectivity index (χ1v) is 6.24. The lowest BCUT2D eigenvalue weighted by Gasteiger charge is -2.18. The average Bonchev–Trinajstić information content (AvgIpc) is 2.34. The molecule has 2 atom stereocenters. The zero-order chi connectivity index (χ0) is 14.6. The summed E-state index contributed by atoms with van der Waals surface area (Å²) in [5.41, 5.74) is -0.251. The van der Waals surface area contributed by atoms with E-state index in [1.54, 1.807) is 0 Å². The lowest BCUT2D eigenvalue weighted by Crippen LogP contribution is -2.37. The van der Waals surface area contributed by atoms with Gasteiger partial charge in [0.1, 0.15) is 11.6 Å². The summed E-state index contributed by atoms with van der Waals surface area (Å²) in [6.45, 7) is 5.13. The fourth-order valence-electron chi connectivity index (χ4n) is 1.65. The van der Waals surface area contributed by atoms with E-state index in [0.29, 0.717) is 0 Å². The third kappa shape index (κ3) is 3.99. The summed E-state index contributed by atoms with van der Waals surface area (Å²) in [7, 11) is 0. The molecule has 2 unspecified atom stereocenters. The summed E-state index contributed by atoms with van der Waals surface area (Å²) in [5.74, 6) is -2.94. The van der Waals surface area contributed by atoms with Crippen molar-refractivity contribution in [1.82, 2.24) is 5.32 Å². The van der Waals surface area contributed by atoms with Gasteiger partial charge in [0.2, 0.25) is 5.91 Å². The molecule has 0 aliphatic rings. The van der Waals surface area contributed by atoms with Gasteiger partial charge in [-0.2, -0.15) is 0 Å². The van der Waals surface area contributed by atoms with Gasteiger partial charge < -0.3 is 10.4 Å². The first kappa shape index (κ1) is 15.6. The molecular formula is C14H19F2NO2. The molecule has 106 valence electrons. The van der Waals surface area contributed by atoms with Crippen LogP contribution in [-0.4, -0.2) is 23.7 Å². The van der Waals surface area contributed by atoms with E-state index in [4.69, 9.17) is 0 Å². The SMILES string of the molecule is CC(C(=O)NCC(O)C(C)C)c1c(F)cccc1F. The Morgan fingerprint density at radius 2 is 1.79 bits per heavy atom. The van der Waals surface area contributed by atoms with Gasteiger partial charge in [0.05, 0.1) is 12.0 Å². The highest BCUT2D eigenvalue weighted by Crippen LogP contribution is 2.22. The molecular weight excluding hydrogens is 252 g/mol. The maximum Gasteiger partial charge on any atom is 0.227 e. The fraction of sp³-hybridized carbons (Fsp3) is 0.500. The quantitative estimate of drug-likeness (QED) is 0.862. The summed E-state index contributed by atoms with van der Waals surface area (Å²) < 4.78 is 27.0. The summed E-state index contributed by atoms with van der Waals surface area (Å²) in [6, 6.07) is 3.48. The van der Waals surface area contributed by atoms with Gasteiger partial charge in [0.15, 0.2) is 0 Å². The molecule has 0 heterocycles. The second-order valence-corrected chi connectivity index (χ2v) is 4.91. The zero-order valence-electron chi connectivity index (χ0n) is 11.3. The molecule has 3 nitrogen and oxygen atoms in total. The van der Waals surface area contributed by atoms with Crippen molar-refractivity contribution in [3.63, 3.8) is 0 Å². The topological polar surface area (TPSA) is 49.3 Å². The lowest BCUT2D eigenvalue weighted by molar-refractivity contribution is -0.122. The molecule has 0 spiro atoms. The van der Waals surface area contributed by atoms with Crippen LogP contribution in [0, 0.1) is 17.6 Å². The van der Waals surface area contributed by atoms with Crippen LogP contribution < -0.4 is 5.32 Å². The van der Waals surface area contributed by atoms with E-state index in [1.807, 2.05) is 13.8 Å². The number of benzene rings is 1. The zero-order valence-corrected chi connectivity index (χ0v) is 11.3. The number of nitrogens with one attached hydrogen (secondary N) is 1. The largest absolute Gasteiger partial charge is 0.391 e. The molecule has 2 N–H and O–H groups in total. The number of carbonyl (C=O) groups is 1. The average molecular weight is 271 g/mol. The molecule has 1 amide bonds. The summed E-state index contributed by atoms with van der Waals surface area (Å²) in [5, 5.41) is 12.1.